The van der Waals surface area contributed by atoms with Gasteiger partial charge in [-0.3, -0.25) is 4.79 Å². The van der Waals surface area contributed by atoms with Crippen LogP contribution in [0.4, 0.5) is 0 Å². The van der Waals surface area contributed by atoms with Crippen molar-refractivity contribution in [3.05, 3.63) is 23.3 Å². The molecule has 1 rings (SSSR count). The van der Waals surface area contributed by atoms with Crippen molar-refractivity contribution in [1.82, 2.24) is 0 Å². The lowest BCUT2D eigenvalue weighted by Crippen LogP contribution is -2.23. The Kier molecular flexibility index (Phi) is 4.12. The van der Waals surface area contributed by atoms with E-state index in [-0.39, 0.29) is 6.61 Å². The molecular formula is C13H18O4. The van der Waals surface area contributed by atoms with Crippen LogP contribution in [0.2, 0.25) is 0 Å². The monoisotopic (exact) mass is 238 g/mol. The molecule has 0 spiro atoms. The number of benzene rings is 1. The Morgan fingerprint density at radius 1 is 1.24 bits per heavy atom. The van der Waals surface area contributed by atoms with E-state index in [9.17, 15) is 9.90 Å². The molecule has 17 heavy (non-hydrogen) atoms. The fraction of sp³-hybridized carbons (Fsp3) is 0.462. The maximum Gasteiger partial charge on any atom is 0.171 e. The number of hydrogen-bond acceptors (Lipinski definition) is 4. The Morgan fingerprint density at radius 3 is 2.24 bits per heavy atom. The van der Waals surface area contributed by atoms with Crippen molar-refractivity contribution in [2.75, 3.05) is 20.8 Å². The third-order valence-corrected chi connectivity index (χ3v) is 2.80. The summed E-state index contributed by atoms with van der Waals surface area (Å²) in [5.74, 6) is 0.901. The summed E-state index contributed by atoms with van der Waals surface area (Å²) >= 11 is 0. The highest BCUT2D eigenvalue weighted by molar-refractivity contribution is 5.82. The van der Waals surface area contributed by atoms with Crippen molar-refractivity contribution in [1.29, 1.82) is 0 Å². The summed E-state index contributed by atoms with van der Waals surface area (Å²) in [4.78, 5) is 10.9. The van der Waals surface area contributed by atoms with Crippen LogP contribution < -0.4 is 9.47 Å². The van der Waals surface area contributed by atoms with Gasteiger partial charge in [0.1, 0.15) is 0 Å². The molecule has 0 aliphatic carbocycles. The Balaban J connectivity index is 3.48. The number of carbonyl (C=O) groups is 1. The summed E-state index contributed by atoms with van der Waals surface area (Å²) in [6.45, 7) is 3.77. The van der Waals surface area contributed by atoms with Gasteiger partial charge in [0.15, 0.2) is 17.8 Å². The molecule has 0 radical (unpaired) electrons. The standard InChI is InChI=1S/C13H18O4/c1-13(2,8-15)10-6-5-9(7-14)11(16-3)12(10)17-4/h5-7,15H,8H2,1-4H3. The molecule has 0 aliphatic rings. The van der Waals surface area contributed by atoms with Gasteiger partial charge in [-0.15, -0.1) is 0 Å². The highest BCUT2D eigenvalue weighted by atomic mass is 16.5. The van der Waals surface area contributed by atoms with E-state index in [0.29, 0.717) is 17.1 Å². The van der Waals surface area contributed by atoms with Crippen LogP contribution in [0.15, 0.2) is 12.1 Å². The number of methoxy groups -OCH3 is 2. The first-order valence-corrected chi connectivity index (χ1v) is 5.33. The number of carbonyl (C=O) groups excluding carboxylic acids is 1. The lowest BCUT2D eigenvalue weighted by atomic mass is 9.84. The van der Waals surface area contributed by atoms with Crippen LogP contribution in [-0.2, 0) is 5.41 Å². The lowest BCUT2D eigenvalue weighted by Gasteiger charge is -2.26. The number of aliphatic hydroxyl groups excluding tert-OH is 1. The van der Waals surface area contributed by atoms with Gasteiger partial charge in [-0.1, -0.05) is 19.9 Å². The predicted molar refractivity (Wildman–Crippen MR) is 65.0 cm³/mol. The Hall–Kier alpha value is -1.55. The molecule has 0 unspecified atom stereocenters. The summed E-state index contributed by atoms with van der Waals surface area (Å²) < 4.78 is 10.5. The first-order chi connectivity index (χ1) is 8.01. The van der Waals surface area contributed by atoms with Gasteiger partial charge in [-0.2, -0.15) is 0 Å². The molecule has 1 N–H and O–H groups in total. The molecule has 0 bridgehead atoms. The van der Waals surface area contributed by atoms with Crippen molar-refractivity contribution < 1.29 is 19.4 Å². The zero-order chi connectivity index (χ0) is 13.1. The molecule has 0 heterocycles. The minimum absolute atomic E-state index is 0.0209. The van der Waals surface area contributed by atoms with E-state index in [0.717, 1.165) is 11.8 Å². The molecule has 0 atom stereocenters. The predicted octanol–water partition coefficient (Wildman–Crippen LogP) is 1.79. The first kappa shape index (κ1) is 13.5. The zero-order valence-electron chi connectivity index (χ0n) is 10.6. The molecule has 1 aromatic carbocycles. The average Bonchev–Trinajstić information content (AvgIpc) is 2.36. The molecule has 0 saturated heterocycles. The van der Waals surface area contributed by atoms with Crippen molar-refractivity contribution in [3.63, 3.8) is 0 Å². The van der Waals surface area contributed by atoms with Crippen LogP contribution in [0.3, 0.4) is 0 Å². The molecule has 1 aromatic rings. The fourth-order valence-corrected chi connectivity index (χ4v) is 1.70. The van der Waals surface area contributed by atoms with Crippen molar-refractivity contribution in [3.8, 4) is 11.5 Å². The topological polar surface area (TPSA) is 55.8 Å². The van der Waals surface area contributed by atoms with E-state index in [4.69, 9.17) is 9.47 Å². The van der Waals surface area contributed by atoms with Gasteiger partial charge >= 0.3 is 0 Å². The Labute approximate surface area is 101 Å². The summed E-state index contributed by atoms with van der Waals surface area (Å²) in [5, 5.41) is 9.39. The van der Waals surface area contributed by atoms with E-state index in [2.05, 4.69) is 0 Å². The fourth-order valence-electron chi connectivity index (χ4n) is 1.70. The normalized spacial score (nSPS) is 11.1. The van der Waals surface area contributed by atoms with Gasteiger partial charge in [-0.25, -0.2) is 0 Å². The van der Waals surface area contributed by atoms with E-state index < -0.39 is 5.41 Å². The Morgan fingerprint density at radius 2 is 1.82 bits per heavy atom. The second kappa shape index (κ2) is 5.19. The number of hydrogen-bond donors (Lipinski definition) is 1. The zero-order valence-corrected chi connectivity index (χ0v) is 10.6. The maximum absolute atomic E-state index is 10.9. The SMILES string of the molecule is COc1c(C=O)ccc(C(C)(C)CO)c1OC. The van der Waals surface area contributed by atoms with Gasteiger partial charge in [0.2, 0.25) is 0 Å². The minimum Gasteiger partial charge on any atom is -0.493 e. The summed E-state index contributed by atoms with van der Waals surface area (Å²) in [7, 11) is 3.00. The van der Waals surface area contributed by atoms with Gasteiger partial charge in [0, 0.05) is 11.0 Å². The molecule has 0 aromatic heterocycles. The average molecular weight is 238 g/mol. The smallest absolute Gasteiger partial charge is 0.171 e. The molecular weight excluding hydrogens is 220 g/mol. The highest BCUT2D eigenvalue weighted by Crippen LogP contribution is 2.40. The van der Waals surface area contributed by atoms with Crippen LogP contribution in [0.25, 0.3) is 0 Å². The second-order valence-electron chi connectivity index (χ2n) is 4.43. The van der Waals surface area contributed by atoms with Crippen molar-refractivity contribution in [2.24, 2.45) is 0 Å². The number of rotatable bonds is 5. The summed E-state index contributed by atoms with van der Waals surface area (Å²) in [6.07, 6.45) is 0.719. The maximum atomic E-state index is 10.9. The Bertz CT molecular complexity index is 410. The summed E-state index contributed by atoms with van der Waals surface area (Å²) in [5.41, 5.74) is 0.784. The van der Waals surface area contributed by atoms with Crippen LogP contribution in [-0.4, -0.2) is 32.2 Å². The van der Waals surface area contributed by atoms with E-state index in [1.165, 1.54) is 14.2 Å². The highest BCUT2D eigenvalue weighted by Gasteiger charge is 2.27. The first-order valence-electron chi connectivity index (χ1n) is 5.33. The molecule has 0 fully saturated rings. The molecule has 94 valence electrons. The number of ether oxygens (including phenoxy) is 2. The van der Waals surface area contributed by atoms with Gasteiger partial charge in [0.25, 0.3) is 0 Å². The third-order valence-electron chi connectivity index (χ3n) is 2.80. The van der Waals surface area contributed by atoms with Crippen LogP contribution >= 0.6 is 0 Å². The van der Waals surface area contributed by atoms with E-state index >= 15 is 0 Å². The van der Waals surface area contributed by atoms with E-state index in [1.807, 2.05) is 13.8 Å². The lowest BCUT2D eigenvalue weighted by molar-refractivity contribution is 0.111. The number of aliphatic hydroxyl groups is 1. The van der Waals surface area contributed by atoms with Gasteiger partial charge in [0.05, 0.1) is 26.4 Å². The van der Waals surface area contributed by atoms with Gasteiger partial charge < -0.3 is 14.6 Å². The second-order valence-corrected chi connectivity index (χ2v) is 4.43. The largest absolute Gasteiger partial charge is 0.493 e. The summed E-state index contributed by atoms with van der Waals surface area (Å²) in [6, 6.07) is 3.45. The quantitative estimate of drug-likeness (QED) is 0.794. The van der Waals surface area contributed by atoms with Crippen LogP contribution in [0.1, 0.15) is 29.8 Å². The third kappa shape index (κ3) is 2.42. The van der Waals surface area contributed by atoms with E-state index in [1.54, 1.807) is 12.1 Å². The van der Waals surface area contributed by atoms with Crippen molar-refractivity contribution in [2.45, 2.75) is 19.3 Å². The van der Waals surface area contributed by atoms with Crippen LogP contribution in [0.5, 0.6) is 11.5 Å². The molecule has 4 nitrogen and oxygen atoms in total. The molecule has 4 heteroatoms. The molecule has 0 saturated carbocycles. The minimum atomic E-state index is -0.458. The van der Waals surface area contributed by atoms with Crippen molar-refractivity contribution >= 4 is 6.29 Å². The number of aldehydes is 1. The van der Waals surface area contributed by atoms with Crippen LogP contribution in [0, 0.1) is 0 Å². The molecule has 0 amide bonds. The van der Waals surface area contributed by atoms with Gasteiger partial charge in [-0.05, 0) is 6.07 Å². The molecule has 0 aliphatic heterocycles.